The molecule has 2 fully saturated rings. The number of benzene rings is 1. The Morgan fingerprint density at radius 2 is 1.35 bits per heavy atom. The summed E-state index contributed by atoms with van der Waals surface area (Å²) in [4.78, 5) is 155. The molecule has 1 saturated carbocycles. The number of amides is 11. The van der Waals surface area contributed by atoms with Gasteiger partial charge in [0.1, 0.15) is 42.3 Å². The highest BCUT2D eigenvalue weighted by atomic mass is 32.1. The van der Waals surface area contributed by atoms with Crippen LogP contribution in [-0.2, 0) is 59.2 Å². The van der Waals surface area contributed by atoms with Gasteiger partial charge in [0.25, 0.3) is 0 Å². The second-order valence-electron chi connectivity index (χ2n) is 19.6. The molecular formula is C49H75N15O11S2. The minimum Gasteiger partial charge on any atom is -0.370 e. The molecule has 1 aliphatic carbocycles. The van der Waals surface area contributed by atoms with Crippen LogP contribution in [0.1, 0.15) is 103 Å². The maximum absolute atomic E-state index is 14.4. The maximum atomic E-state index is 14.4. The summed E-state index contributed by atoms with van der Waals surface area (Å²) in [5.74, 6) is -10.7. The normalized spacial score (nSPS) is 17.6. The largest absolute Gasteiger partial charge is 0.370 e. The predicted octanol–water partition coefficient (Wildman–Crippen LogP) is -2.99. The van der Waals surface area contributed by atoms with Gasteiger partial charge in [-0.25, -0.2) is 0 Å². The first-order valence-electron chi connectivity index (χ1n) is 25.6. The van der Waals surface area contributed by atoms with E-state index in [4.69, 9.17) is 41.3 Å². The van der Waals surface area contributed by atoms with Gasteiger partial charge in [-0.15, -0.1) is 0 Å². The van der Waals surface area contributed by atoms with Crippen LogP contribution in [0.25, 0.3) is 10.9 Å². The number of carbonyl (C=O) groups is 11. The van der Waals surface area contributed by atoms with Gasteiger partial charge in [-0.05, 0) is 56.1 Å². The maximum Gasteiger partial charge on any atom is 0.246 e. The molecule has 1 aromatic carbocycles. The van der Waals surface area contributed by atoms with Gasteiger partial charge in [-0.2, -0.15) is 25.3 Å². The number of nitrogens with two attached hydrogens (primary N) is 5. The number of nitrogens with one attached hydrogen (secondary N) is 8. The lowest BCUT2D eigenvalue weighted by Gasteiger charge is -2.33. The lowest BCUT2D eigenvalue weighted by atomic mass is 9.85. The Morgan fingerprint density at radius 3 is 1.95 bits per heavy atom. The molecule has 0 radical (unpaired) electrons. The quantitative estimate of drug-likeness (QED) is 0.0161. The number of guanidine groups is 1. The number of hydrogen-bond acceptors (Lipinski definition) is 14. The molecule has 424 valence electrons. The Bertz CT molecular complexity index is 2500. The molecule has 28 heteroatoms. The summed E-state index contributed by atoms with van der Waals surface area (Å²) in [6.07, 6.45) is 5.59. The number of primary amides is 3. The molecule has 26 nitrogen and oxygen atoms in total. The van der Waals surface area contributed by atoms with Crippen molar-refractivity contribution >= 4 is 107 Å². The molecule has 0 spiro atoms. The van der Waals surface area contributed by atoms with E-state index < -0.39 is 137 Å². The number of para-hydroxylation sites is 1. The minimum atomic E-state index is -1.80. The highest BCUT2D eigenvalue weighted by Gasteiger charge is 2.41. The van der Waals surface area contributed by atoms with Crippen LogP contribution in [0.5, 0.6) is 0 Å². The average molecular weight is 1110 g/mol. The molecular weight excluding hydrogens is 1040 g/mol. The molecule has 0 bridgehead atoms. The van der Waals surface area contributed by atoms with E-state index in [0.717, 1.165) is 48.6 Å². The standard InChI is InChI=1S/C49H75N15O11S2/c1-3-26(2)40(63-44(72)31(19-27-23-56-29-12-6-5-11-28(27)29)58-39(68)22-49(77)15-7-4-8-16-49)46(74)61-33(21-37(51)66)42(70)60-32(20-36(50)65)43(71)62-34(25-76)47(75)64-18-10-14-35(64)45(73)59-30(13-9-17-55-48(53)54)41(69)57-24-38(52)67/h5-6,11-12,23,26,30-35,40,56,76-77H,3-4,7-10,13-22,24-25H2,1-2H3,(H2,50,65)(H2,51,66)(H2,52,67)(H,57,69)(H,58,68)(H,59,73)(H,60,70)(H,61,74)(H,62,71)(H,63,72)(H4,53,54,55)/t26-,30-,31+,32-,33+,34-,35+,40-/m0/s1. The number of rotatable bonds is 30. The lowest BCUT2D eigenvalue weighted by molar-refractivity contribution is -0.142. The van der Waals surface area contributed by atoms with Crippen molar-refractivity contribution in [2.24, 2.45) is 39.6 Å². The van der Waals surface area contributed by atoms with E-state index >= 15 is 0 Å². The van der Waals surface area contributed by atoms with E-state index in [1.165, 1.54) is 4.90 Å². The summed E-state index contributed by atoms with van der Waals surface area (Å²) in [6, 6.07) is -2.49. The Hall–Kier alpha value is -7.10. The van der Waals surface area contributed by atoms with Crippen molar-refractivity contribution in [3.63, 3.8) is 0 Å². The molecule has 4 rings (SSSR count). The first-order valence-corrected chi connectivity index (χ1v) is 26.7. The molecule has 11 amide bonds. The summed E-state index contributed by atoms with van der Waals surface area (Å²) in [5, 5.41) is 18.6. The van der Waals surface area contributed by atoms with Crippen LogP contribution >= 0.6 is 25.3 Å². The van der Waals surface area contributed by atoms with Crippen molar-refractivity contribution in [1.82, 2.24) is 47.1 Å². The molecule has 2 aliphatic rings. The number of nitrogens with zero attached hydrogens (tertiary/aromatic N) is 2. The van der Waals surface area contributed by atoms with Gasteiger partial charge in [0.05, 0.1) is 19.4 Å². The molecule has 1 aromatic heterocycles. The van der Waals surface area contributed by atoms with Gasteiger partial charge in [0.15, 0.2) is 5.96 Å². The SMILES string of the molecule is CC[C@H](C)[C@H](NC(=O)[C@@H](Cc1c[nH]c2ccccc12)NC(=O)CC1(S)CCCCC1)C(=O)N[C@H](CC(N)=O)C(=O)N[C@@H](CC(N)=O)C(=O)N[C@@H](CS)C(=O)N1CCC[C@@H]1C(=O)N[C@@H](CCCN=C(N)N)C(=O)NCC(N)=O. The zero-order valence-electron chi connectivity index (χ0n) is 43.4. The predicted molar refractivity (Wildman–Crippen MR) is 291 cm³/mol. The van der Waals surface area contributed by atoms with Crippen LogP contribution < -0.4 is 65.9 Å². The Morgan fingerprint density at radius 1 is 0.740 bits per heavy atom. The van der Waals surface area contributed by atoms with Crippen LogP contribution in [0.4, 0.5) is 0 Å². The molecule has 2 heterocycles. The van der Waals surface area contributed by atoms with Crippen molar-refractivity contribution in [3.8, 4) is 0 Å². The van der Waals surface area contributed by atoms with Gasteiger partial charge < -0.3 is 75.8 Å². The molecule has 77 heavy (non-hydrogen) atoms. The average Bonchev–Trinajstić information content (AvgIpc) is 4.04. The summed E-state index contributed by atoms with van der Waals surface area (Å²) in [7, 11) is 0. The number of fused-ring (bicyclic) bond motifs is 1. The molecule has 8 atom stereocenters. The second kappa shape index (κ2) is 30.0. The second-order valence-corrected chi connectivity index (χ2v) is 20.9. The Kier molecular flexibility index (Phi) is 24.3. The number of aliphatic imine (C=N–C) groups is 1. The van der Waals surface area contributed by atoms with Crippen LogP contribution in [-0.4, -0.2) is 153 Å². The van der Waals surface area contributed by atoms with Gasteiger partial charge >= 0.3 is 0 Å². The summed E-state index contributed by atoms with van der Waals surface area (Å²) in [5.41, 5.74) is 28.5. The number of aromatic amines is 1. The van der Waals surface area contributed by atoms with E-state index in [9.17, 15) is 52.7 Å². The number of aromatic nitrogens is 1. The third kappa shape index (κ3) is 19.5. The minimum absolute atomic E-state index is 0.0289. The van der Waals surface area contributed by atoms with Crippen molar-refractivity contribution in [3.05, 3.63) is 36.0 Å². The summed E-state index contributed by atoms with van der Waals surface area (Å²) >= 11 is 9.09. The Labute approximate surface area is 457 Å². The third-order valence-electron chi connectivity index (χ3n) is 13.5. The van der Waals surface area contributed by atoms with E-state index in [-0.39, 0.29) is 56.9 Å². The smallest absolute Gasteiger partial charge is 0.246 e. The summed E-state index contributed by atoms with van der Waals surface area (Å²) < 4.78 is -0.554. The monoisotopic (exact) mass is 1110 g/mol. The van der Waals surface area contributed by atoms with Crippen LogP contribution in [0, 0.1) is 5.92 Å². The third-order valence-corrected chi connectivity index (χ3v) is 14.5. The van der Waals surface area contributed by atoms with E-state index in [1.807, 2.05) is 24.3 Å². The van der Waals surface area contributed by atoms with Crippen molar-refractivity contribution in [2.45, 2.75) is 151 Å². The van der Waals surface area contributed by atoms with Gasteiger partial charge in [-0.1, -0.05) is 57.7 Å². The highest BCUT2D eigenvalue weighted by molar-refractivity contribution is 7.81. The molecule has 1 saturated heterocycles. The Balaban J connectivity index is 1.50. The summed E-state index contributed by atoms with van der Waals surface area (Å²) in [6.45, 7) is 3.07. The van der Waals surface area contributed by atoms with Gasteiger partial charge in [0.2, 0.25) is 65.0 Å². The lowest BCUT2D eigenvalue weighted by Crippen LogP contribution is -2.61. The highest BCUT2D eigenvalue weighted by Crippen LogP contribution is 2.36. The number of H-pyrrole nitrogens is 1. The van der Waals surface area contributed by atoms with E-state index in [2.05, 4.69) is 59.8 Å². The van der Waals surface area contributed by atoms with Gasteiger partial charge in [0, 0.05) is 53.5 Å². The number of carbonyl (C=O) groups excluding carboxylic acids is 11. The molecule has 0 unspecified atom stereocenters. The van der Waals surface area contributed by atoms with Crippen molar-refractivity contribution in [1.29, 1.82) is 0 Å². The van der Waals surface area contributed by atoms with Gasteiger partial charge in [-0.3, -0.25) is 57.7 Å². The fourth-order valence-corrected chi connectivity index (χ4v) is 9.98. The van der Waals surface area contributed by atoms with Crippen LogP contribution in [0.3, 0.4) is 0 Å². The first-order chi connectivity index (χ1) is 36.4. The first kappa shape index (κ1) is 62.4. The zero-order chi connectivity index (χ0) is 57.0. The zero-order valence-corrected chi connectivity index (χ0v) is 45.2. The number of hydrogen-bond donors (Lipinski definition) is 15. The van der Waals surface area contributed by atoms with E-state index in [1.54, 1.807) is 20.0 Å². The fraction of sp³-hybridized carbons (Fsp3) is 0.592. The van der Waals surface area contributed by atoms with Crippen molar-refractivity contribution in [2.75, 3.05) is 25.4 Å². The molecule has 1 aliphatic heterocycles. The van der Waals surface area contributed by atoms with Crippen molar-refractivity contribution < 1.29 is 52.7 Å². The molecule has 18 N–H and O–H groups in total. The fourth-order valence-electron chi connectivity index (χ4n) is 9.27. The number of likely N-dealkylation sites (tertiary alicyclic amines) is 1. The van der Waals surface area contributed by atoms with E-state index in [0.29, 0.717) is 12.8 Å². The van der Waals surface area contributed by atoms with Crippen LogP contribution in [0.2, 0.25) is 0 Å². The number of thiol groups is 2. The van der Waals surface area contributed by atoms with Crippen LogP contribution in [0.15, 0.2) is 35.5 Å². The molecule has 2 aromatic rings. The topological polar surface area (TPSA) is 433 Å².